The van der Waals surface area contributed by atoms with E-state index in [9.17, 15) is 4.79 Å². The predicted molar refractivity (Wildman–Crippen MR) is 69.6 cm³/mol. The number of nitrogens with one attached hydrogen (secondary N) is 1. The van der Waals surface area contributed by atoms with Crippen LogP contribution in [0.1, 0.15) is 38.5 Å². The average molecular weight is 303 g/mol. The van der Waals surface area contributed by atoms with E-state index in [0.29, 0.717) is 5.13 Å². The molecule has 0 aliphatic heterocycles. The van der Waals surface area contributed by atoms with Crippen LogP contribution in [0, 0.1) is 5.92 Å². The maximum atomic E-state index is 12.0. The molecular weight excluding hydrogens is 288 g/mol. The van der Waals surface area contributed by atoms with Crippen LogP contribution in [0.3, 0.4) is 0 Å². The molecule has 16 heavy (non-hydrogen) atoms. The molecule has 2 rings (SSSR count). The van der Waals surface area contributed by atoms with Gasteiger partial charge in [-0.25, -0.2) is 4.98 Å². The third-order valence-corrected chi connectivity index (χ3v) is 4.33. The average Bonchev–Trinajstić information content (AvgIpc) is 2.56. The lowest BCUT2D eigenvalue weighted by Gasteiger charge is -2.12. The van der Waals surface area contributed by atoms with Crippen LogP contribution in [0.25, 0.3) is 0 Å². The van der Waals surface area contributed by atoms with E-state index in [1.165, 1.54) is 37.0 Å². The van der Waals surface area contributed by atoms with E-state index < -0.39 is 0 Å². The van der Waals surface area contributed by atoms with Crippen molar-refractivity contribution in [3.05, 3.63) is 9.98 Å². The lowest BCUT2D eigenvalue weighted by molar-refractivity contribution is -0.120. The molecule has 0 atom stereocenters. The smallest absolute Gasteiger partial charge is 0.229 e. The van der Waals surface area contributed by atoms with Crippen LogP contribution in [0.5, 0.6) is 0 Å². The van der Waals surface area contributed by atoms with Gasteiger partial charge in [0.2, 0.25) is 5.91 Å². The fourth-order valence-electron chi connectivity index (χ4n) is 2.06. The molecule has 1 aliphatic rings. The Balaban J connectivity index is 1.91. The van der Waals surface area contributed by atoms with E-state index in [4.69, 9.17) is 0 Å². The van der Waals surface area contributed by atoms with Crippen molar-refractivity contribution in [3.8, 4) is 0 Å². The lowest BCUT2D eigenvalue weighted by Crippen LogP contribution is -2.22. The summed E-state index contributed by atoms with van der Waals surface area (Å²) >= 11 is 4.79. The lowest BCUT2D eigenvalue weighted by atomic mass is 10.00. The Morgan fingerprint density at radius 2 is 2.06 bits per heavy atom. The number of anilines is 1. The van der Waals surface area contributed by atoms with Crippen molar-refractivity contribution in [2.24, 2.45) is 5.92 Å². The third-order valence-electron chi connectivity index (χ3n) is 2.93. The van der Waals surface area contributed by atoms with Crippen molar-refractivity contribution in [1.29, 1.82) is 0 Å². The van der Waals surface area contributed by atoms with Crippen LogP contribution in [0.15, 0.2) is 9.98 Å². The Hall–Kier alpha value is -0.420. The van der Waals surface area contributed by atoms with E-state index >= 15 is 0 Å². The molecule has 3 nitrogen and oxygen atoms in total. The fourth-order valence-corrected chi connectivity index (χ4v) is 3.17. The van der Waals surface area contributed by atoms with Crippen molar-refractivity contribution in [1.82, 2.24) is 4.98 Å². The number of hydrogen-bond acceptors (Lipinski definition) is 3. The van der Waals surface area contributed by atoms with Crippen LogP contribution in [-0.4, -0.2) is 10.9 Å². The molecule has 1 aromatic rings. The number of rotatable bonds is 2. The number of nitrogens with zero attached hydrogens (tertiary/aromatic N) is 1. The summed E-state index contributed by atoms with van der Waals surface area (Å²) in [5.41, 5.74) is 0. The van der Waals surface area contributed by atoms with Gasteiger partial charge in [-0.3, -0.25) is 4.79 Å². The molecule has 1 saturated carbocycles. The number of carbonyl (C=O) groups is 1. The molecule has 1 N–H and O–H groups in total. The number of thiazole rings is 1. The van der Waals surface area contributed by atoms with E-state index in [1.54, 1.807) is 6.20 Å². The molecule has 1 amide bonds. The molecule has 5 heteroatoms. The normalized spacial score (nSPS) is 18.1. The molecular formula is C11H15BrN2OS. The van der Waals surface area contributed by atoms with Crippen molar-refractivity contribution in [2.75, 3.05) is 5.32 Å². The number of carbonyl (C=O) groups excluding carboxylic acids is 1. The van der Waals surface area contributed by atoms with Gasteiger partial charge in [-0.1, -0.05) is 37.0 Å². The minimum Gasteiger partial charge on any atom is -0.302 e. The summed E-state index contributed by atoms with van der Waals surface area (Å²) in [6.45, 7) is 0. The Morgan fingerprint density at radius 3 is 2.62 bits per heavy atom. The Kier molecular flexibility index (Phi) is 4.35. The highest BCUT2D eigenvalue weighted by molar-refractivity contribution is 9.11. The van der Waals surface area contributed by atoms with Crippen LogP contribution in [0.4, 0.5) is 5.13 Å². The second kappa shape index (κ2) is 5.77. The summed E-state index contributed by atoms with van der Waals surface area (Å²) < 4.78 is 0.948. The number of halogens is 1. The first-order valence-corrected chi connectivity index (χ1v) is 7.29. The molecule has 88 valence electrons. The molecule has 1 heterocycles. The first-order chi connectivity index (χ1) is 7.75. The van der Waals surface area contributed by atoms with Gasteiger partial charge in [0.15, 0.2) is 5.13 Å². The number of amides is 1. The van der Waals surface area contributed by atoms with Gasteiger partial charge in [0, 0.05) is 5.92 Å². The van der Waals surface area contributed by atoms with Gasteiger partial charge >= 0.3 is 0 Å². The third kappa shape index (κ3) is 3.28. The van der Waals surface area contributed by atoms with Crippen molar-refractivity contribution in [2.45, 2.75) is 38.5 Å². The summed E-state index contributed by atoms with van der Waals surface area (Å²) in [7, 11) is 0. The summed E-state index contributed by atoms with van der Waals surface area (Å²) in [5.74, 6) is 0.328. The summed E-state index contributed by atoms with van der Waals surface area (Å²) in [6, 6.07) is 0. The zero-order valence-electron chi connectivity index (χ0n) is 9.04. The van der Waals surface area contributed by atoms with Gasteiger partial charge in [0.1, 0.15) is 0 Å². The fraction of sp³-hybridized carbons (Fsp3) is 0.636. The molecule has 1 fully saturated rings. The number of aromatic nitrogens is 1. The van der Waals surface area contributed by atoms with E-state index in [2.05, 4.69) is 26.2 Å². The molecule has 1 aromatic heterocycles. The standard InChI is InChI=1S/C11H15BrN2OS/c12-9-7-13-11(16-9)14-10(15)8-5-3-1-2-4-6-8/h7-8H,1-6H2,(H,13,14,15). The summed E-state index contributed by atoms with van der Waals surface area (Å²) in [4.78, 5) is 16.1. The van der Waals surface area contributed by atoms with Gasteiger partial charge in [0.25, 0.3) is 0 Å². The number of hydrogen-bond donors (Lipinski definition) is 1. The van der Waals surface area contributed by atoms with Crippen LogP contribution in [0.2, 0.25) is 0 Å². The maximum absolute atomic E-state index is 12.0. The summed E-state index contributed by atoms with van der Waals surface area (Å²) in [6.07, 6.45) is 8.67. The Morgan fingerprint density at radius 1 is 1.38 bits per heavy atom. The molecule has 0 bridgehead atoms. The molecule has 0 spiro atoms. The Bertz CT molecular complexity index is 359. The molecule has 0 saturated heterocycles. The largest absolute Gasteiger partial charge is 0.302 e. The van der Waals surface area contributed by atoms with Gasteiger partial charge in [-0.05, 0) is 28.8 Å². The van der Waals surface area contributed by atoms with Gasteiger partial charge in [-0.15, -0.1) is 0 Å². The molecule has 0 unspecified atom stereocenters. The van der Waals surface area contributed by atoms with Crippen molar-refractivity contribution >= 4 is 38.3 Å². The minimum absolute atomic E-state index is 0.142. The highest BCUT2D eigenvalue weighted by Crippen LogP contribution is 2.27. The molecule has 0 radical (unpaired) electrons. The van der Waals surface area contributed by atoms with E-state index in [-0.39, 0.29) is 11.8 Å². The zero-order valence-corrected chi connectivity index (χ0v) is 11.4. The van der Waals surface area contributed by atoms with Gasteiger partial charge in [0.05, 0.1) is 9.98 Å². The second-order valence-corrected chi connectivity index (χ2v) is 6.56. The van der Waals surface area contributed by atoms with Crippen LogP contribution < -0.4 is 5.32 Å². The minimum atomic E-state index is 0.142. The monoisotopic (exact) mass is 302 g/mol. The first-order valence-electron chi connectivity index (χ1n) is 5.68. The molecule has 1 aliphatic carbocycles. The molecule has 0 aromatic carbocycles. The summed E-state index contributed by atoms with van der Waals surface area (Å²) in [5, 5.41) is 3.59. The van der Waals surface area contributed by atoms with Gasteiger partial charge in [-0.2, -0.15) is 0 Å². The van der Waals surface area contributed by atoms with Crippen LogP contribution in [-0.2, 0) is 4.79 Å². The van der Waals surface area contributed by atoms with Crippen LogP contribution >= 0.6 is 27.3 Å². The topological polar surface area (TPSA) is 42.0 Å². The Labute approximate surface area is 108 Å². The van der Waals surface area contributed by atoms with E-state index in [0.717, 1.165) is 16.6 Å². The highest BCUT2D eigenvalue weighted by Gasteiger charge is 2.20. The maximum Gasteiger partial charge on any atom is 0.229 e. The highest BCUT2D eigenvalue weighted by atomic mass is 79.9. The first kappa shape index (κ1) is 12.0. The van der Waals surface area contributed by atoms with E-state index in [1.807, 2.05) is 0 Å². The SMILES string of the molecule is O=C(Nc1ncc(Br)s1)C1CCCCCC1. The predicted octanol–water partition coefficient (Wildman–Crippen LogP) is 3.81. The quantitative estimate of drug-likeness (QED) is 0.844. The zero-order chi connectivity index (χ0) is 11.4. The van der Waals surface area contributed by atoms with Crippen molar-refractivity contribution < 1.29 is 4.79 Å². The second-order valence-electron chi connectivity index (χ2n) is 4.15. The van der Waals surface area contributed by atoms with Crippen molar-refractivity contribution in [3.63, 3.8) is 0 Å². The van der Waals surface area contributed by atoms with Gasteiger partial charge < -0.3 is 5.32 Å².